The summed E-state index contributed by atoms with van der Waals surface area (Å²) in [6.07, 6.45) is 4.16. The van der Waals surface area contributed by atoms with Gasteiger partial charge in [-0.05, 0) is 18.3 Å². The molecule has 1 aromatic rings. The molecule has 2 N–H and O–H groups in total. The molecule has 3 rings (SSSR count). The second-order valence-electron chi connectivity index (χ2n) is 8.26. The third-order valence-electron chi connectivity index (χ3n) is 4.73. The lowest BCUT2D eigenvalue weighted by atomic mass is 9.88. The number of aromatic nitrogens is 2. The fraction of sp³-hybridized carbons (Fsp3) is 0.765. The van der Waals surface area contributed by atoms with Gasteiger partial charge in [-0.3, -0.25) is 14.8 Å². The van der Waals surface area contributed by atoms with Crippen molar-refractivity contribution in [1.82, 2.24) is 20.0 Å². The number of hydrogen-bond donors (Lipinski definition) is 2. The summed E-state index contributed by atoms with van der Waals surface area (Å²) in [4.78, 5) is 16.8. The molecule has 23 heavy (non-hydrogen) atoms. The molecule has 2 aliphatic heterocycles. The number of carbonyl (C=O) groups is 1. The zero-order valence-electron chi connectivity index (χ0n) is 14.4. The molecule has 0 aliphatic carbocycles. The summed E-state index contributed by atoms with van der Waals surface area (Å²) in [5, 5.41) is 18.1. The highest BCUT2D eigenvalue weighted by Crippen LogP contribution is 2.28. The minimum Gasteiger partial charge on any atom is -0.379 e. The van der Waals surface area contributed by atoms with Gasteiger partial charge in [-0.2, -0.15) is 5.10 Å². The summed E-state index contributed by atoms with van der Waals surface area (Å²) in [6.45, 7) is 9.84. The quantitative estimate of drug-likeness (QED) is 0.877. The molecule has 3 heterocycles. The average Bonchev–Trinajstić information content (AvgIpc) is 2.90. The highest BCUT2D eigenvalue weighted by molar-refractivity contribution is 5.86. The molecule has 0 bridgehead atoms. The molecule has 128 valence electrons. The molecule has 0 saturated carbocycles. The van der Waals surface area contributed by atoms with E-state index in [-0.39, 0.29) is 11.3 Å². The summed E-state index contributed by atoms with van der Waals surface area (Å²) < 4.78 is 0. The molecule has 2 aliphatic rings. The first-order chi connectivity index (χ1) is 10.8. The lowest BCUT2D eigenvalue weighted by Gasteiger charge is -2.43. The lowest BCUT2D eigenvalue weighted by molar-refractivity contribution is -0.161. The third-order valence-corrected chi connectivity index (χ3v) is 4.73. The van der Waals surface area contributed by atoms with Crippen LogP contribution in [0.3, 0.4) is 0 Å². The van der Waals surface area contributed by atoms with Gasteiger partial charge in [0.1, 0.15) is 0 Å². The van der Waals surface area contributed by atoms with Crippen LogP contribution in [0, 0.1) is 5.41 Å². The van der Waals surface area contributed by atoms with Gasteiger partial charge in [0.05, 0.1) is 6.20 Å². The van der Waals surface area contributed by atoms with Gasteiger partial charge in [-0.1, -0.05) is 20.8 Å². The van der Waals surface area contributed by atoms with E-state index in [1.165, 1.54) is 11.3 Å². The van der Waals surface area contributed by atoms with Gasteiger partial charge in [-0.25, -0.2) is 0 Å². The van der Waals surface area contributed by atoms with E-state index in [2.05, 4.69) is 35.9 Å². The molecule has 6 nitrogen and oxygen atoms in total. The van der Waals surface area contributed by atoms with Gasteiger partial charge < -0.3 is 10.0 Å². The highest BCUT2D eigenvalue weighted by atomic mass is 16.3. The van der Waals surface area contributed by atoms with Crippen molar-refractivity contribution >= 4 is 5.91 Å². The maximum Gasteiger partial charge on any atom is 0.255 e. The van der Waals surface area contributed by atoms with Crippen LogP contribution in [-0.4, -0.2) is 62.8 Å². The largest absolute Gasteiger partial charge is 0.379 e. The number of nitrogens with one attached hydrogen (secondary N) is 1. The zero-order valence-corrected chi connectivity index (χ0v) is 14.4. The van der Waals surface area contributed by atoms with Crippen molar-refractivity contribution in [3.63, 3.8) is 0 Å². The third kappa shape index (κ3) is 3.58. The number of rotatable bonds is 3. The molecule has 0 radical (unpaired) electrons. The Hall–Kier alpha value is -1.40. The van der Waals surface area contributed by atoms with E-state index in [1.54, 1.807) is 0 Å². The van der Waals surface area contributed by atoms with E-state index in [0.29, 0.717) is 19.5 Å². The van der Waals surface area contributed by atoms with Gasteiger partial charge in [0.15, 0.2) is 5.60 Å². The van der Waals surface area contributed by atoms with Gasteiger partial charge in [0.2, 0.25) is 0 Å². The van der Waals surface area contributed by atoms with E-state index >= 15 is 0 Å². The minimum atomic E-state index is -1.25. The predicted molar refractivity (Wildman–Crippen MR) is 87.8 cm³/mol. The Labute approximate surface area is 137 Å². The van der Waals surface area contributed by atoms with E-state index < -0.39 is 5.60 Å². The number of β-amino-alcohol motifs (C(OH)–C–C–N with tert-alkyl or cyclic N) is 1. The number of aromatic amines is 1. The van der Waals surface area contributed by atoms with Crippen molar-refractivity contribution in [3.05, 3.63) is 17.5 Å². The minimum absolute atomic E-state index is 0.0464. The van der Waals surface area contributed by atoms with Gasteiger partial charge in [-0.15, -0.1) is 0 Å². The van der Waals surface area contributed by atoms with Crippen LogP contribution in [-0.2, 0) is 17.8 Å². The Balaban J connectivity index is 1.67. The van der Waals surface area contributed by atoms with Crippen molar-refractivity contribution in [2.75, 3.05) is 26.2 Å². The Morgan fingerprint density at radius 1 is 1.39 bits per heavy atom. The summed E-state index contributed by atoms with van der Waals surface area (Å²) in [5.41, 5.74) is 1.15. The molecule has 6 heteroatoms. The van der Waals surface area contributed by atoms with Crippen LogP contribution in [0.5, 0.6) is 0 Å². The SMILES string of the molecule is CC(C)(C)CN1CCCC(O)(CN2CCc3[nH]ncc3C2)C1=O. The Bertz CT molecular complexity index is 577. The van der Waals surface area contributed by atoms with Gasteiger partial charge in [0, 0.05) is 50.4 Å². The Morgan fingerprint density at radius 3 is 2.91 bits per heavy atom. The monoisotopic (exact) mass is 320 g/mol. The molecule has 1 saturated heterocycles. The number of carbonyl (C=O) groups excluding carboxylic acids is 1. The molecule has 0 spiro atoms. The van der Waals surface area contributed by atoms with Crippen molar-refractivity contribution in [2.45, 2.75) is 52.2 Å². The fourth-order valence-electron chi connectivity index (χ4n) is 3.72. The average molecular weight is 320 g/mol. The number of fused-ring (bicyclic) bond motifs is 1. The van der Waals surface area contributed by atoms with Crippen molar-refractivity contribution < 1.29 is 9.90 Å². The van der Waals surface area contributed by atoms with Crippen molar-refractivity contribution in [2.24, 2.45) is 5.41 Å². The second-order valence-corrected chi connectivity index (χ2v) is 8.26. The maximum atomic E-state index is 12.8. The topological polar surface area (TPSA) is 72.5 Å². The van der Waals surface area contributed by atoms with Crippen molar-refractivity contribution in [3.8, 4) is 0 Å². The fourth-order valence-corrected chi connectivity index (χ4v) is 3.72. The molecule has 1 unspecified atom stereocenters. The number of nitrogens with zero attached hydrogens (tertiary/aromatic N) is 3. The highest BCUT2D eigenvalue weighted by Gasteiger charge is 2.44. The summed E-state index contributed by atoms with van der Waals surface area (Å²) in [6, 6.07) is 0. The number of piperidine rings is 1. The van der Waals surface area contributed by atoms with Crippen LogP contribution >= 0.6 is 0 Å². The smallest absolute Gasteiger partial charge is 0.255 e. The predicted octanol–water partition coefficient (Wildman–Crippen LogP) is 1.17. The van der Waals surface area contributed by atoms with Crippen LogP contribution in [0.25, 0.3) is 0 Å². The standard InChI is InChI=1S/C17H28N4O2/c1-16(2,3)11-21-7-4-6-17(23,15(21)22)12-20-8-5-14-13(10-20)9-18-19-14/h9,23H,4-8,10-12H2,1-3H3,(H,18,19). The molecule has 1 atom stereocenters. The van der Waals surface area contributed by atoms with Crippen molar-refractivity contribution in [1.29, 1.82) is 0 Å². The molecule has 1 fully saturated rings. The molecule has 0 aromatic carbocycles. The second kappa shape index (κ2) is 5.91. The normalized spacial score (nSPS) is 26.4. The van der Waals surface area contributed by atoms with Crippen LogP contribution in [0.4, 0.5) is 0 Å². The van der Waals surface area contributed by atoms with E-state index in [0.717, 1.165) is 32.5 Å². The number of aliphatic hydroxyl groups is 1. The van der Waals surface area contributed by atoms with E-state index in [4.69, 9.17) is 0 Å². The molecule has 1 aromatic heterocycles. The molecular weight excluding hydrogens is 292 g/mol. The summed E-state index contributed by atoms with van der Waals surface area (Å²) >= 11 is 0. The van der Waals surface area contributed by atoms with Crippen LogP contribution in [0.1, 0.15) is 44.9 Å². The Kier molecular flexibility index (Phi) is 4.23. The Morgan fingerprint density at radius 2 is 2.17 bits per heavy atom. The number of hydrogen-bond acceptors (Lipinski definition) is 4. The van der Waals surface area contributed by atoms with Crippen LogP contribution in [0.15, 0.2) is 6.20 Å². The van der Waals surface area contributed by atoms with Gasteiger partial charge >= 0.3 is 0 Å². The number of amides is 1. The summed E-state index contributed by atoms with van der Waals surface area (Å²) in [5.74, 6) is -0.100. The van der Waals surface area contributed by atoms with E-state index in [1.807, 2.05) is 11.1 Å². The maximum absolute atomic E-state index is 12.8. The number of likely N-dealkylation sites (tertiary alicyclic amines) is 1. The first-order valence-electron chi connectivity index (χ1n) is 8.52. The molecular formula is C17H28N4O2. The van der Waals surface area contributed by atoms with E-state index in [9.17, 15) is 9.90 Å². The summed E-state index contributed by atoms with van der Waals surface area (Å²) in [7, 11) is 0. The zero-order chi connectivity index (χ0) is 16.7. The lowest BCUT2D eigenvalue weighted by Crippen LogP contribution is -2.60. The number of H-pyrrole nitrogens is 1. The first kappa shape index (κ1) is 16.5. The first-order valence-corrected chi connectivity index (χ1v) is 8.52. The van der Waals surface area contributed by atoms with Gasteiger partial charge in [0.25, 0.3) is 5.91 Å². The van der Waals surface area contributed by atoms with Crippen LogP contribution < -0.4 is 0 Å². The van der Waals surface area contributed by atoms with Crippen LogP contribution in [0.2, 0.25) is 0 Å². The molecule has 1 amide bonds.